The first-order valence-electron chi connectivity index (χ1n) is 10.3. The van der Waals surface area contributed by atoms with Gasteiger partial charge in [-0.25, -0.2) is 4.39 Å². The first-order valence-corrected chi connectivity index (χ1v) is 10.3. The highest BCUT2D eigenvalue weighted by atomic mass is 19.1. The molecule has 3 amide bonds. The van der Waals surface area contributed by atoms with E-state index in [4.69, 9.17) is 0 Å². The molecule has 170 valence electrons. The highest BCUT2D eigenvalue weighted by molar-refractivity contribution is 6.43. The number of Topliss-reactive ketones (excluding diaryl/α,β-unsaturated/α-hetero) is 1. The number of amides is 3. The molecule has 1 fully saturated rings. The van der Waals surface area contributed by atoms with E-state index in [0.29, 0.717) is 40.9 Å². The third-order valence-electron chi connectivity index (χ3n) is 5.88. The molecule has 3 N–H and O–H groups in total. The summed E-state index contributed by atoms with van der Waals surface area (Å²) in [5, 5.41) is 8.18. The number of hydrogen-bond acceptors (Lipinski definition) is 4. The van der Waals surface area contributed by atoms with Gasteiger partial charge in [0.25, 0.3) is 17.6 Å². The number of aromatic nitrogens is 1. The van der Waals surface area contributed by atoms with Crippen LogP contribution in [0, 0.1) is 26.6 Å². The van der Waals surface area contributed by atoms with Crippen molar-refractivity contribution in [1.82, 2.24) is 15.2 Å². The maximum absolute atomic E-state index is 13.5. The van der Waals surface area contributed by atoms with Crippen molar-refractivity contribution >= 4 is 29.2 Å². The Morgan fingerprint density at radius 3 is 2.25 bits per heavy atom. The molecule has 0 spiro atoms. The van der Waals surface area contributed by atoms with Crippen molar-refractivity contribution in [2.24, 2.45) is 7.05 Å². The Labute approximate surface area is 185 Å². The Kier molecular flexibility index (Phi) is 6.47. The van der Waals surface area contributed by atoms with Gasteiger partial charge in [0.2, 0.25) is 5.91 Å². The number of halogens is 1. The Balaban J connectivity index is 1.74. The van der Waals surface area contributed by atoms with Crippen LogP contribution in [-0.2, 0) is 16.6 Å². The quantitative estimate of drug-likeness (QED) is 0.471. The Morgan fingerprint density at radius 2 is 1.66 bits per heavy atom. The average Bonchev–Trinajstić information content (AvgIpc) is 2.90. The van der Waals surface area contributed by atoms with E-state index in [-0.39, 0.29) is 29.5 Å². The molecule has 0 bridgehead atoms. The third kappa shape index (κ3) is 4.56. The zero-order chi connectivity index (χ0) is 23.7. The Bertz CT molecular complexity index is 1120. The minimum Gasteiger partial charge on any atom is -0.353 e. The van der Waals surface area contributed by atoms with E-state index in [9.17, 15) is 23.6 Å². The molecular formula is C23H27FN4O4. The molecule has 2 aromatic rings. The van der Waals surface area contributed by atoms with Crippen LogP contribution in [0.4, 0.5) is 10.1 Å². The van der Waals surface area contributed by atoms with Gasteiger partial charge in [0.1, 0.15) is 5.82 Å². The molecule has 0 aliphatic heterocycles. The van der Waals surface area contributed by atoms with E-state index < -0.39 is 17.6 Å². The minimum absolute atomic E-state index is 0.00249. The van der Waals surface area contributed by atoms with Crippen molar-refractivity contribution in [3.63, 3.8) is 0 Å². The number of carbonyl (C=O) groups excluding carboxylic acids is 4. The van der Waals surface area contributed by atoms with Gasteiger partial charge in [-0.05, 0) is 62.9 Å². The number of anilines is 1. The number of rotatable bonds is 6. The van der Waals surface area contributed by atoms with Gasteiger partial charge >= 0.3 is 0 Å². The summed E-state index contributed by atoms with van der Waals surface area (Å²) in [4.78, 5) is 49.4. The number of ketones is 1. The van der Waals surface area contributed by atoms with Crippen LogP contribution in [0.25, 0.3) is 0 Å². The van der Waals surface area contributed by atoms with E-state index in [0.717, 1.165) is 0 Å². The highest BCUT2D eigenvalue weighted by Gasteiger charge is 2.34. The van der Waals surface area contributed by atoms with E-state index in [1.54, 1.807) is 27.8 Å². The van der Waals surface area contributed by atoms with Gasteiger partial charge in [0, 0.05) is 37.4 Å². The largest absolute Gasteiger partial charge is 0.353 e. The van der Waals surface area contributed by atoms with Gasteiger partial charge in [-0.2, -0.15) is 0 Å². The second kappa shape index (κ2) is 8.94. The van der Waals surface area contributed by atoms with Crippen molar-refractivity contribution in [2.75, 3.05) is 5.32 Å². The average molecular weight is 442 g/mol. The fourth-order valence-electron chi connectivity index (χ4n) is 4.05. The monoisotopic (exact) mass is 442 g/mol. The summed E-state index contributed by atoms with van der Waals surface area (Å²) >= 11 is 0. The normalized spacial score (nSPS) is 17.3. The first kappa shape index (κ1) is 23.2. The summed E-state index contributed by atoms with van der Waals surface area (Å²) in [7, 11) is 1.62. The van der Waals surface area contributed by atoms with Crippen LogP contribution in [0.5, 0.6) is 0 Å². The number of nitrogens with zero attached hydrogens (tertiary/aromatic N) is 1. The predicted octanol–water partition coefficient (Wildman–Crippen LogP) is 2.31. The zero-order valence-electron chi connectivity index (χ0n) is 18.8. The number of benzene rings is 1. The van der Waals surface area contributed by atoms with Crippen LogP contribution >= 0.6 is 0 Å². The first-order chi connectivity index (χ1) is 15.0. The van der Waals surface area contributed by atoms with E-state index in [1.165, 1.54) is 29.7 Å². The number of carbonyl (C=O) groups is 4. The van der Waals surface area contributed by atoms with Crippen LogP contribution in [-0.4, -0.2) is 40.2 Å². The fourth-order valence-corrected chi connectivity index (χ4v) is 4.05. The smallest absolute Gasteiger partial charge is 0.294 e. The van der Waals surface area contributed by atoms with Gasteiger partial charge in [0.05, 0.1) is 11.3 Å². The molecule has 1 saturated carbocycles. The molecule has 9 heteroatoms. The molecule has 1 aromatic carbocycles. The topological polar surface area (TPSA) is 109 Å². The molecule has 0 unspecified atom stereocenters. The number of hydrogen-bond donors (Lipinski definition) is 3. The van der Waals surface area contributed by atoms with E-state index in [1.807, 2.05) is 0 Å². The second-order valence-electron chi connectivity index (χ2n) is 8.28. The lowest BCUT2D eigenvalue weighted by atomic mass is 9.86. The summed E-state index contributed by atoms with van der Waals surface area (Å²) < 4.78 is 15.0. The van der Waals surface area contributed by atoms with Crippen molar-refractivity contribution in [3.8, 4) is 0 Å². The van der Waals surface area contributed by atoms with Crippen LogP contribution in [0.2, 0.25) is 0 Å². The third-order valence-corrected chi connectivity index (χ3v) is 5.88. The van der Waals surface area contributed by atoms with Crippen molar-refractivity contribution in [1.29, 1.82) is 0 Å². The number of aryl methyl sites for hydroxylation is 1. The lowest BCUT2D eigenvalue weighted by Gasteiger charge is -2.35. The summed E-state index contributed by atoms with van der Waals surface area (Å²) in [5.41, 5.74) is 2.18. The molecule has 1 aliphatic rings. The summed E-state index contributed by atoms with van der Waals surface area (Å²) in [6.45, 7) is 6.34. The van der Waals surface area contributed by atoms with Gasteiger partial charge < -0.3 is 20.5 Å². The second-order valence-corrected chi connectivity index (χ2v) is 8.28. The lowest BCUT2D eigenvalue weighted by Crippen LogP contribution is -2.54. The molecule has 1 heterocycles. The van der Waals surface area contributed by atoms with Gasteiger partial charge in [0.15, 0.2) is 0 Å². The molecule has 1 aliphatic carbocycles. The van der Waals surface area contributed by atoms with Crippen molar-refractivity contribution in [3.05, 3.63) is 52.1 Å². The van der Waals surface area contributed by atoms with Gasteiger partial charge in [-0.3, -0.25) is 19.2 Å². The lowest BCUT2D eigenvalue weighted by molar-refractivity contribution is -0.120. The highest BCUT2D eigenvalue weighted by Crippen LogP contribution is 2.25. The minimum atomic E-state index is -0.749. The molecule has 0 radical (unpaired) electrons. The van der Waals surface area contributed by atoms with E-state index in [2.05, 4.69) is 16.0 Å². The van der Waals surface area contributed by atoms with Gasteiger partial charge in [-0.1, -0.05) is 0 Å². The van der Waals surface area contributed by atoms with Crippen LogP contribution in [0.3, 0.4) is 0 Å². The Morgan fingerprint density at radius 1 is 1.03 bits per heavy atom. The van der Waals surface area contributed by atoms with Crippen LogP contribution < -0.4 is 16.0 Å². The van der Waals surface area contributed by atoms with Crippen molar-refractivity contribution in [2.45, 2.75) is 52.6 Å². The predicted molar refractivity (Wildman–Crippen MR) is 117 cm³/mol. The maximum atomic E-state index is 13.5. The summed E-state index contributed by atoms with van der Waals surface area (Å²) in [6.07, 6.45) is 1.13. The van der Waals surface area contributed by atoms with Crippen LogP contribution in [0.1, 0.15) is 57.4 Å². The molecule has 1 aromatic heterocycles. The molecule has 0 atom stereocenters. The fraction of sp³-hybridized carbons (Fsp3) is 0.391. The van der Waals surface area contributed by atoms with Crippen molar-refractivity contribution < 1.29 is 23.6 Å². The molecule has 32 heavy (non-hydrogen) atoms. The molecular weight excluding hydrogens is 415 g/mol. The van der Waals surface area contributed by atoms with E-state index >= 15 is 0 Å². The standard InChI is InChI=1S/C23H27FN4O4/c1-11-8-15(6-7-18(11)24)26-22(31)19-12(2)20(28(5)13(19)3)21(30)23(32)27-17-9-16(10-17)25-14(4)29/h6-8,16-17H,9-10H2,1-5H3,(H,25,29)(H,26,31)(H,27,32)/t16-,17-. The summed E-state index contributed by atoms with van der Waals surface area (Å²) in [6, 6.07) is 4.06. The summed E-state index contributed by atoms with van der Waals surface area (Å²) in [5.74, 6) is -2.43. The maximum Gasteiger partial charge on any atom is 0.294 e. The molecule has 3 rings (SSSR count). The van der Waals surface area contributed by atoms with Crippen LogP contribution in [0.15, 0.2) is 18.2 Å². The SMILES string of the molecule is CC(=O)N[C@H]1C[C@H](NC(=O)C(=O)c2c(C)c(C(=O)Nc3ccc(F)c(C)c3)c(C)n2C)C1. The Hall–Kier alpha value is -3.49. The zero-order valence-corrected chi connectivity index (χ0v) is 18.8. The number of nitrogens with one attached hydrogen (secondary N) is 3. The molecule has 8 nitrogen and oxygen atoms in total. The molecule has 0 saturated heterocycles. The van der Waals surface area contributed by atoms with Gasteiger partial charge in [-0.15, -0.1) is 0 Å².